The van der Waals surface area contributed by atoms with Crippen molar-refractivity contribution in [3.8, 4) is 0 Å². The molecule has 0 radical (unpaired) electrons. The first-order chi connectivity index (χ1) is 15.9. The first kappa shape index (κ1) is 22.8. The molecule has 2 fully saturated rings. The predicted molar refractivity (Wildman–Crippen MR) is 129 cm³/mol. The van der Waals surface area contributed by atoms with Crippen LogP contribution < -0.4 is 21.3 Å². The number of aliphatic hydroxyl groups is 1. The molecule has 1 aliphatic carbocycles. The van der Waals surface area contributed by atoms with E-state index in [1.54, 1.807) is 13.0 Å². The van der Waals surface area contributed by atoms with Crippen molar-refractivity contribution < 1.29 is 14.7 Å². The molecule has 0 unspecified atom stereocenters. The van der Waals surface area contributed by atoms with Gasteiger partial charge in [-0.05, 0) is 49.9 Å². The van der Waals surface area contributed by atoms with Crippen molar-refractivity contribution in [2.45, 2.75) is 44.8 Å². The molecular formula is C24H32N6O3. The van der Waals surface area contributed by atoms with E-state index >= 15 is 0 Å². The number of carbonyl (C=O) groups is 2. The standard InChI is InChI=1S/C24H32N6O3/c1-16(31)29-10-12-30(13-11-29)19-6-2-18(3-7-19)28-23-14-22(21(15-26-23)24(25)33)27-17-4-8-20(32)9-5-17/h2-3,6-7,14-15,17,20,32H,4-5,8-13H2,1H3,(H2,25,33)(H2,26,27,28)/t17-,20-. The Morgan fingerprint density at radius 1 is 1.06 bits per heavy atom. The molecule has 1 aromatic carbocycles. The maximum Gasteiger partial charge on any atom is 0.252 e. The predicted octanol–water partition coefficient (Wildman–Crippen LogP) is 2.31. The molecule has 2 heterocycles. The fourth-order valence-electron chi connectivity index (χ4n) is 4.46. The number of hydrogen-bond acceptors (Lipinski definition) is 7. The van der Waals surface area contributed by atoms with Crippen molar-refractivity contribution in [1.29, 1.82) is 0 Å². The minimum absolute atomic E-state index is 0.124. The van der Waals surface area contributed by atoms with Crippen LogP contribution in [0.3, 0.4) is 0 Å². The minimum Gasteiger partial charge on any atom is -0.393 e. The van der Waals surface area contributed by atoms with Crippen molar-refractivity contribution in [3.63, 3.8) is 0 Å². The van der Waals surface area contributed by atoms with Gasteiger partial charge in [0.1, 0.15) is 5.82 Å². The van der Waals surface area contributed by atoms with E-state index in [0.717, 1.165) is 63.2 Å². The molecule has 1 aromatic heterocycles. The third-order valence-electron chi connectivity index (χ3n) is 6.46. The van der Waals surface area contributed by atoms with Gasteiger partial charge in [-0.1, -0.05) is 0 Å². The monoisotopic (exact) mass is 452 g/mol. The topological polar surface area (TPSA) is 124 Å². The summed E-state index contributed by atoms with van der Waals surface area (Å²) in [4.78, 5) is 31.9. The Morgan fingerprint density at radius 3 is 2.33 bits per heavy atom. The van der Waals surface area contributed by atoms with Crippen molar-refractivity contribution in [2.24, 2.45) is 5.73 Å². The van der Waals surface area contributed by atoms with E-state index in [2.05, 4.69) is 32.7 Å². The molecule has 33 heavy (non-hydrogen) atoms. The number of anilines is 4. The number of amides is 2. The summed E-state index contributed by atoms with van der Waals surface area (Å²) in [5.74, 6) is 0.210. The number of pyridine rings is 1. The number of carbonyl (C=O) groups excluding carboxylic acids is 2. The lowest BCUT2D eigenvalue weighted by molar-refractivity contribution is -0.129. The van der Waals surface area contributed by atoms with Gasteiger partial charge in [-0.15, -0.1) is 0 Å². The number of hydrogen-bond donors (Lipinski definition) is 4. The van der Waals surface area contributed by atoms with Crippen molar-refractivity contribution >= 4 is 34.7 Å². The third kappa shape index (κ3) is 5.73. The molecule has 2 aromatic rings. The van der Waals surface area contributed by atoms with Crippen molar-refractivity contribution in [1.82, 2.24) is 9.88 Å². The van der Waals surface area contributed by atoms with Crippen molar-refractivity contribution in [3.05, 3.63) is 42.1 Å². The first-order valence-electron chi connectivity index (χ1n) is 11.5. The van der Waals surface area contributed by atoms with Gasteiger partial charge < -0.3 is 31.3 Å². The van der Waals surface area contributed by atoms with E-state index in [1.807, 2.05) is 17.0 Å². The number of rotatable bonds is 6. The Kier molecular flexibility index (Phi) is 6.98. The highest BCUT2D eigenvalue weighted by atomic mass is 16.3. The van der Waals surface area contributed by atoms with Crippen LogP contribution in [-0.4, -0.2) is 65.1 Å². The maximum atomic E-state index is 11.9. The summed E-state index contributed by atoms with van der Waals surface area (Å²) in [6.45, 7) is 4.72. The van der Waals surface area contributed by atoms with E-state index in [1.165, 1.54) is 6.20 Å². The summed E-state index contributed by atoms with van der Waals surface area (Å²) in [6.07, 6.45) is 4.42. The molecule has 176 valence electrons. The molecule has 9 nitrogen and oxygen atoms in total. The maximum absolute atomic E-state index is 11.9. The second-order valence-electron chi connectivity index (χ2n) is 8.79. The quantitative estimate of drug-likeness (QED) is 0.530. The lowest BCUT2D eigenvalue weighted by atomic mass is 9.93. The molecule has 2 aliphatic rings. The molecule has 5 N–H and O–H groups in total. The Balaban J connectivity index is 1.42. The summed E-state index contributed by atoms with van der Waals surface area (Å²) in [6, 6.07) is 10.1. The number of benzene rings is 1. The van der Waals surface area contributed by atoms with Gasteiger partial charge in [0.15, 0.2) is 0 Å². The third-order valence-corrected chi connectivity index (χ3v) is 6.46. The number of nitrogens with zero attached hydrogens (tertiary/aromatic N) is 3. The number of primary amides is 1. The first-order valence-corrected chi connectivity index (χ1v) is 11.5. The second-order valence-corrected chi connectivity index (χ2v) is 8.79. The minimum atomic E-state index is -0.526. The van der Waals surface area contributed by atoms with Crippen LogP contribution in [-0.2, 0) is 4.79 Å². The van der Waals surface area contributed by atoms with Gasteiger partial charge in [0.25, 0.3) is 5.91 Å². The van der Waals surface area contributed by atoms with Crippen LogP contribution in [0.4, 0.5) is 22.9 Å². The molecule has 2 amide bonds. The van der Waals surface area contributed by atoms with E-state index < -0.39 is 5.91 Å². The molecule has 9 heteroatoms. The van der Waals surface area contributed by atoms with Gasteiger partial charge >= 0.3 is 0 Å². The van der Waals surface area contributed by atoms with Crippen LogP contribution in [0, 0.1) is 0 Å². The van der Waals surface area contributed by atoms with E-state index in [9.17, 15) is 14.7 Å². The van der Waals surface area contributed by atoms with Crippen molar-refractivity contribution in [2.75, 3.05) is 41.7 Å². The Labute approximate surface area is 194 Å². The molecular weight excluding hydrogens is 420 g/mol. The molecule has 0 bridgehead atoms. The van der Waals surface area contributed by atoms with Crippen LogP contribution in [0.1, 0.15) is 43.0 Å². The molecule has 1 saturated carbocycles. The number of aromatic nitrogens is 1. The molecule has 1 saturated heterocycles. The van der Waals surface area contributed by atoms with Gasteiger partial charge in [0.05, 0.1) is 17.4 Å². The Bertz CT molecular complexity index is 980. The van der Waals surface area contributed by atoms with Crippen LogP contribution in [0.5, 0.6) is 0 Å². The summed E-state index contributed by atoms with van der Waals surface area (Å²) < 4.78 is 0. The fourth-order valence-corrected chi connectivity index (χ4v) is 4.46. The summed E-state index contributed by atoms with van der Waals surface area (Å²) in [5, 5.41) is 16.4. The summed E-state index contributed by atoms with van der Waals surface area (Å²) in [5.41, 5.74) is 8.55. The summed E-state index contributed by atoms with van der Waals surface area (Å²) >= 11 is 0. The van der Waals surface area contributed by atoms with Crippen LogP contribution in [0.25, 0.3) is 0 Å². The average molecular weight is 453 g/mol. The van der Waals surface area contributed by atoms with E-state index in [4.69, 9.17) is 5.73 Å². The number of aliphatic hydroxyl groups excluding tert-OH is 1. The second kappa shape index (κ2) is 10.1. The number of piperazine rings is 1. The Morgan fingerprint density at radius 2 is 1.73 bits per heavy atom. The zero-order valence-corrected chi connectivity index (χ0v) is 19.0. The Hall–Kier alpha value is -3.33. The molecule has 4 rings (SSSR count). The number of nitrogens with two attached hydrogens (primary N) is 1. The van der Waals surface area contributed by atoms with Gasteiger partial charge in [-0.2, -0.15) is 0 Å². The van der Waals surface area contributed by atoms with E-state index in [0.29, 0.717) is 17.1 Å². The van der Waals surface area contributed by atoms with Gasteiger partial charge in [0.2, 0.25) is 5.91 Å². The van der Waals surface area contributed by atoms with Gasteiger partial charge in [-0.3, -0.25) is 9.59 Å². The van der Waals surface area contributed by atoms with Gasteiger partial charge in [0, 0.05) is 62.8 Å². The zero-order chi connectivity index (χ0) is 23.4. The summed E-state index contributed by atoms with van der Waals surface area (Å²) in [7, 11) is 0. The zero-order valence-electron chi connectivity index (χ0n) is 19.0. The van der Waals surface area contributed by atoms with Gasteiger partial charge in [-0.25, -0.2) is 4.98 Å². The van der Waals surface area contributed by atoms with Crippen LogP contribution in [0.2, 0.25) is 0 Å². The van der Waals surface area contributed by atoms with Crippen LogP contribution >= 0.6 is 0 Å². The van der Waals surface area contributed by atoms with Crippen LogP contribution in [0.15, 0.2) is 36.5 Å². The molecule has 0 spiro atoms. The smallest absolute Gasteiger partial charge is 0.252 e. The largest absolute Gasteiger partial charge is 0.393 e. The molecule has 0 atom stereocenters. The normalized spacial score (nSPS) is 20.9. The highest BCUT2D eigenvalue weighted by molar-refractivity contribution is 5.98. The SMILES string of the molecule is CC(=O)N1CCN(c2ccc(Nc3cc(N[C@H]4CC[C@H](O)CC4)c(C(N)=O)cn3)cc2)CC1. The fraction of sp³-hybridized carbons (Fsp3) is 0.458. The lowest BCUT2D eigenvalue weighted by Crippen LogP contribution is -2.48. The number of nitrogens with one attached hydrogen (secondary N) is 2. The van der Waals surface area contributed by atoms with E-state index in [-0.39, 0.29) is 18.1 Å². The highest BCUT2D eigenvalue weighted by Crippen LogP contribution is 2.27. The lowest BCUT2D eigenvalue weighted by Gasteiger charge is -2.35. The molecule has 1 aliphatic heterocycles. The highest BCUT2D eigenvalue weighted by Gasteiger charge is 2.21. The average Bonchev–Trinajstić information content (AvgIpc) is 2.81.